The smallest absolute Gasteiger partial charge is 0.0126 e. The molecule has 1 unspecified atom stereocenters. The lowest BCUT2D eigenvalue weighted by atomic mass is 9.98. The molecule has 0 aromatic carbocycles. The molecular weight excluding hydrogens is 152 g/mol. The molecule has 1 heteroatoms. The number of hydrogen-bond acceptors (Lipinski definition) is 1. The standard InChI is InChI=1S/C10H12S/c1-7-3-4-9-6-8(2)11-10(9)5-7/h3-4,6-7H,5H2,1-2H3. The molecule has 1 heterocycles. The van der Waals surface area contributed by atoms with Gasteiger partial charge in [-0.15, -0.1) is 11.3 Å². The largest absolute Gasteiger partial charge is 0.145 e. The Bertz CT molecular complexity index is 294. The van der Waals surface area contributed by atoms with Crippen LogP contribution in [0.2, 0.25) is 0 Å². The molecule has 1 aliphatic carbocycles. The van der Waals surface area contributed by atoms with Crippen LogP contribution in [0.1, 0.15) is 22.2 Å². The van der Waals surface area contributed by atoms with Crippen LogP contribution < -0.4 is 0 Å². The Labute approximate surface area is 71.6 Å². The maximum Gasteiger partial charge on any atom is 0.0126 e. The minimum Gasteiger partial charge on any atom is -0.145 e. The summed E-state index contributed by atoms with van der Waals surface area (Å²) in [5.74, 6) is 0.737. The van der Waals surface area contributed by atoms with E-state index in [1.54, 1.807) is 4.88 Å². The number of thiophene rings is 1. The van der Waals surface area contributed by atoms with Crippen molar-refractivity contribution in [1.82, 2.24) is 0 Å². The molecule has 0 aliphatic heterocycles. The molecule has 2 rings (SSSR count). The first-order valence-electron chi connectivity index (χ1n) is 4.03. The van der Waals surface area contributed by atoms with E-state index in [-0.39, 0.29) is 0 Å². The fraction of sp³-hybridized carbons (Fsp3) is 0.400. The molecule has 58 valence electrons. The number of hydrogen-bond donors (Lipinski definition) is 0. The summed E-state index contributed by atoms with van der Waals surface area (Å²) in [5, 5.41) is 0. The molecule has 0 bridgehead atoms. The van der Waals surface area contributed by atoms with Crippen molar-refractivity contribution in [2.45, 2.75) is 20.3 Å². The molecule has 1 atom stereocenters. The van der Waals surface area contributed by atoms with Gasteiger partial charge in [0.15, 0.2) is 0 Å². The van der Waals surface area contributed by atoms with Gasteiger partial charge in [-0.25, -0.2) is 0 Å². The lowest BCUT2D eigenvalue weighted by Crippen LogP contribution is -1.98. The van der Waals surface area contributed by atoms with Crippen LogP contribution in [-0.2, 0) is 6.42 Å². The Morgan fingerprint density at radius 1 is 1.55 bits per heavy atom. The Morgan fingerprint density at radius 2 is 2.36 bits per heavy atom. The highest BCUT2D eigenvalue weighted by atomic mass is 32.1. The molecule has 0 nitrogen and oxygen atoms in total. The first kappa shape index (κ1) is 7.11. The second-order valence-corrected chi connectivity index (χ2v) is 4.62. The Morgan fingerprint density at radius 3 is 3.18 bits per heavy atom. The van der Waals surface area contributed by atoms with Crippen molar-refractivity contribution in [2.24, 2.45) is 5.92 Å². The monoisotopic (exact) mass is 164 g/mol. The average Bonchev–Trinajstić information content (AvgIpc) is 2.27. The molecular formula is C10H12S. The van der Waals surface area contributed by atoms with E-state index in [0.29, 0.717) is 0 Å². The summed E-state index contributed by atoms with van der Waals surface area (Å²) in [6.07, 6.45) is 5.80. The van der Waals surface area contributed by atoms with Gasteiger partial charge >= 0.3 is 0 Å². The van der Waals surface area contributed by atoms with E-state index in [0.717, 1.165) is 5.92 Å². The summed E-state index contributed by atoms with van der Waals surface area (Å²) in [7, 11) is 0. The van der Waals surface area contributed by atoms with Crippen molar-refractivity contribution in [3.63, 3.8) is 0 Å². The third-order valence-electron chi connectivity index (χ3n) is 2.08. The molecule has 0 saturated heterocycles. The van der Waals surface area contributed by atoms with Gasteiger partial charge in [-0.1, -0.05) is 19.1 Å². The number of fused-ring (bicyclic) bond motifs is 1. The quantitative estimate of drug-likeness (QED) is 0.552. The SMILES string of the molecule is Cc1cc2c(s1)CC(C)C=C2. The van der Waals surface area contributed by atoms with E-state index in [1.165, 1.54) is 16.9 Å². The molecule has 1 aromatic rings. The zero-order chi connectivity index (χ0) is 7.84. The summed E-state index contributed by atoms with van der Waals surface area (Å²) < 4.78 is 0. The van der Waals surface area contributed by atoms with Gasteiger partial charge in [-0.3, -0.25) is 0 Å². The van der Waals surface area contributed by atoms with E-state index in [9.17, 15) is 0 Å². The highest BCUT2D eigenvalue weighted by molar-refractivity contribution is 7.12. The molecule has 0 saturated carbocycles. The minimum atomic E-state index is 0.737. The molecule has 0 N–H and O–H groups in total. The third kappa shape index (κ3) is 1.25. The molecule has 1 aromatic heterocycles. The Balaban J connectivity index is 2.44. The van der Waals surface area contributed by atoms with E-state index in [1.807, 2.05) is 11.3 Å². The van der Waals surface area contributed by atoms with E-state index >= 15 is 0 Å². The molecule has 0 radical (unpaired) electrons. The van der Waals surface area contributed by atoms with Crippen LogP contribution in [-0.4, -0.2) is 0 Å². The van der Waals surface area contributed by atoms with Crippen LogP contribution >= 0.6 is 11.3 Å². The predicted octanol–water partition coefficient (Wildman–Crippen LogP) is 3.26. The topological polar surface area (TPSA) is 0 Å². The van der Waals surface area contributed by atoms with E-state index in [4.69, 9.17) is 0 Å². The zero-order valence-corrected chi connectivity index (χ0v) is 7.74. The van der Waals surface area contributed by atoms with Gasteiger partial charge in [0.25, 0.3) is 0 Å². The Kier molecular flexibility index (Phi) is 1.61. The van der Waals surface area contributed by atoms with Gasteiger partial charge in [0, 0.05) is 9.75 Å². The van der Waals surface area contributed by atoms with Crippen LogP contribution in [0.3, 0.4) is 0 Å². The number of aryl methyl sites for hydroxylation is 1. The third-order valence-corrected chi connectivity index (χ3v) is 3.17. The van der Waals surface area contributed by atoms with Crippen molar-refractivity contribution >= 4 is 17.4 Å². The summed E-state index contributed by atoms with van der Waals surface area (Å²) >= 11 is 1.94. The maximum atomic E-state index is 2.30. The van der Waals surface area contributed by atoms with Crippen LogP contribution in [0.5, 0.6) is 0 Å². The maximum absolute atomic E-state index is 2.30. The lowest BCUT2D eigenvalue weighted by Gasteiger charge is -2.10. The van der Waals surface area contributed by atoms with Gasteiger partial charge in [0.1, 0.15) is 0 Å². The summed E-state index contributed by atoms with van der Waals surface area (Å²) in [5.41, 5.74) is 1.45. The van der Waals surface area contributed by atoms with Crippen molar-refractivity contribution in [1.29, 1.82) is 0 Å². The normalized spacial score (nSPS) is 21.8. The molecule has 0 amide bonds. The van der Waals surface area contributed by atoms with Gasteiger partial charge in [-0.05, 0) is 30.9 Å². The van der Waals surface area contributed by atoms with Crippen molar-refractivity contribution in [3.8, 4) is 0 Å². The average molecular weight is 164 g/mol. The van der Waals surface area contributed by atoms with Crippen LogP contribution in [0.25, 0.3) is 6.08 Å². The lowest BCUT2D eigenvalue weighted by molar-refractivity contribution is 0.727. The highest BCUT2D eigenvalue weighted by Gasteiger charge is 2.11. The zero-order valence-electron chi connectivity index (χ0n) is 6.92. The highest BCUT2D eigenvalue weighted by Crippen LogP contribution is 2.29. The number of rotatable bonds is 0. The number of allylic oxidation sites excluding steroid dienone is 1. The Hall–Kier alpha value is -0.560. The van der Waals surface area contributed by atoms with Crippen LogP contribution in [0.15, 0.2) is 12.1 Å². The summed E-state index contributed by atoms with van der Waals surface area (Å²) in [6, 6.07) is 2.28. The summed E-state index contributed by atoms with van der Waals surface area (Å²) in [6.45, 7) is 4.45. The van der Waals surface area contributed by atoms with Crippen LogP contribution in [0.4, 0.5) is 0 Å². The van der Waals surface area contributed by atoms with Crippen molar-refractivity contribution in [2.75, 3.05) is 0 Å². The molecule has 0 spiro atoms. The van der Waals surface area contributed by atoms with Crippen molar-refractivity contribution < 1.29 is 0 Å². The second-order valence-electron chi connectivity index (χ2n) is 3.28. The van der Waals surface area contributed by atoms with Gasteiger partial charge < -0.3 is 0 Å². The summed E-state index contributed by atoms with van der Waals surface area (Å²) in [4.78, 5) is 3.01. The van der Waals surface area contributed by atoms with E-state index in [2.05, 4.69) is 32.1 Å². The molecule has 0 fully saturated rings. The van der Waals surface area contributed by atoms with Gasteiger partial charge in [0.05, 0.1) is 0 Å². The molecule has 11 heavy (non-hydrogen) atoms. The second kappa shape index (κ2) is 2.49. The van der Waals surface area contributed by atoms with Gasteiger partial charge in [0.2, 0.25) is 0 Å². The predicted molar refractivity (Wildman–Crippen MR) is 51.0 cm³/mol. The fourth-order valence-electron chi connectivity index (χ4n) is 1.51. The first-order chi connectivity index (χ1) is 5.25. The fourth-order valence-corrected chi connectivity index (χ4v) is 2.68. The van der Waals surface area contributed by atoms with E-state index < -0.39 is 0 Å². The minimum absolute atomic E-state index is 0.737. The first-order valence-corrected chi connectivity index (χ1v) is 4.85. The van der Waals surface area contributed by atoms with Crippen LogP contribution in [0, 0.1) is 12.8 Å². The molecule has 1 aliphatic rings. The van der Waals surface area contributed by atoms with Crippen molar-refractivity contribution in [3.05, 3.63) is 27.5 Å². The van der Waals surface area contributed by atoms with Gasteiger partial charge in [-0.2, -0.15) is 0 Å².